The van der Waals surface area contributed by atoms with Crippen LogP contribution in [0.2, 0.25) is 0 Å². The lowest BCUT2D eigenvalue weighted by Gasteiger charge is -2.41. The Kier molecular flexibility index (Phi) is 10.1. The predicted molar refractivity (Wildman–Crippen MR) is 199 cm³/mol. The van der Waals surface area contributed by atoms with E-state index in [1.54, 1.807) is 29.2 Å². The van der Waals surface area contributed by atoms with Gasteiger partial charge in [-0.2, -0.15) is 0 Å². The summed E-state index contributed by atoms with van der Waals surface area (Å²) in [5.41, 5.74) is 8.17. The maximum Gasteiger partial charge on any atom is 0.407 e. The molecule has 11 nitrogen and oxygen atoms in total. The molecule has 7 rings (SSSR count). The van der Waals surface area contributed by atoms with Crippen LogP contribution in [-0.2, 0) is 37.7 Å². The third kappa shape index (κ3) is 6.90. The molecule has 0 saturated carbocycles. The molecule has 3 aliphatic heterocycles. The number of phenols is 1. The first-order valence-electron chi connectivity index (χ1n) is 18.2. The molecule has 0 radical (unpaired) electrons. The number of nitrogens with zero attached hydrogens (tertiary/aromatic N) is 5. The van der Waals surface area contributed by atoms with E-state index in [0.29, 0.717) is 56.1 Å². The number of carboxylic acid groups (broad SMARTS) is 1. The summed E-state index contributed by atoms with van der Waals surface area (Å²) < 4.78 is 7.60. The first-order valence-corrected chi connectivity index (χ1v) is 18.2. The Bertz CT molecular complexity index is 1980. The van der Waals surface area contributed by atoms with E-state index in [0.717, 1.165) is 66.1 Å². The summed E-state index contributed by atoms with van der Waals surface area (Å²) in [6.07, 6.45) is 1.03. The van der Waals surface area contributed by atoms with Crippen LogP contribution in [0.5, 0.6) is 5.75 Å². The topological polar surface area (TPSA) is 119 Å². The summed E-state index contributed by atoms with van der Waals surface area (Å²) in [4.78, 5) is 48.9. The second kappa shape index (κ2) is 14.8. The van der Waals surface area contributed by atoms with Gasteiger partial charge in [0, 0.05) is 87.1 Å². The zero-order valence-electron chi connectivity index (χ0n) is 30.2. The maximum atomic E-state index is 15.1. The van der Waals surface area contributed by atoms with Gasteiger partial charge in [0.25, 0.3) is 11.8 Å². The van der Waals surface area contributed by atoms with Crippen molar-refractivity contribution < 1.29 is 29.3 Å². The van der Waals surface area contributed by atoms with Crippen molar-refractivity contribution >= 4 is 23.6 Å². The van der Waals surface area contributed by atoms with E-state index in [2.05, 4.69) is 23.1 Å². The predicted octanol–water partition coefficient (Wildman–Crippen LogP) is 5.70. The first-order chi connectivity index (χ1) is 25.1. The summed E-state index contributed by atoms with van der Waals surface area (Å²) in [5, 5.41) is 19.7. The second-order valence-corrected chi connectivity index (χ2v) is 14.2. The SMILES string of the molecule is CCCN(C(=O)c1cc(-c2cc3c(cc2C(=O)N2Cc4ccccc4C[C@H]2CN2CCOCC2)CN(C(=O)O)CC3)n(C)c1C)c1ccc(O)cc1. The minimum Gasteiger partial charge on any atom is -0.508 e. The summed E-state index contributed by atoms with van der Waals surface area (Å²) in [5.74, 6) is -0.138. The van der Waals surface area contributed by atoms with Crippen molar-refractivity contribution in [2.24, 2.45) is 7.05 Å². The number of hydrogen-bond acceptors (Lipinski definition) is 6. The van der Waals surface area contributed by atoms with Crippen LogP contribution in [0.4, 0.5) is 10.5 Å². The highest BCUT2D eigenvalue weighted by Crippen LogP contribution is 2.36. The van der Waals surface area contributed by atoms with Crippen molar-refractivity contribution in [1.29, 1.82) is 0 Å². The van der Waals surface area contributed by atoms with E-state index < -0.39 is 6.09 Å². The first kappa shape index (κ1) is 35.3. The molecule has 2 N–H and O–H groups in total. The molecule has 1 fully saturated rings. The van der Waals surface area contributed by atoms with Crippen molar-refractivity contribution in [2.45, 2.75) is 52.2 Å². The van der Waals surface area contributed by atoms with E-state index in [1.165, 1.54) is 10.5 Å². The van der Waals surface area contributed by atoms with Crippen LogP contribution in [0.15, 0.2) is 66.7 Å². The lowest BCUT2D eigenvalue weighted by molar-refractivity contribution is 0.0193. The number of hydrogen-bond donors (Lipinski definition) is 2. The number of morpholine rings is 1. The van der Waals surface area contributed by atoms with Gasteiger partial charge in [-0.05, 0) is 90.9 Å². The van der Waals surface area contributed by atoms with Crippen LogP contribution >= 0.6 is 0 Å². The number of aromatic nitrogens is 1. The molecule has 0 bridgehead atoms. The molecule has 3 amide bonds. The van der Waals surface area contributed by atoms with Crippen molar-refractivity contribution in [3.05, 3.63) is 106 Å². The van der Waals surface area contributed by atoms with Gasteiger partial charge in [0.2, 0.25) is 0 Å². The molecule has 1 atom stereocenters. The molecule has 0 unspecified atom stereocenters. The van der Waals surface area contributed by atoms with Gasteiger partial charge in [0.1, 0.15) is 5.75 Å². The molecular weight excluding hydrogens is 658 g/mol. The molecule has 3 aliphatic rings. The van der Waals surface area contributed by atoms with Crippen molar-refractivity contribution in [1.82, 2.24) is 19.3 Å². The summed E-state index contributed by atoms with van der Waals surface area (Å²) in [6.45, 7) is 9.17. The molecule has 11 heteroatoms. The summed E-state index contributed by atoms with van der Waals surface area (Å²) in [6, 6.07) is 20.7. The van der Waals surface area contributed by atoms with Gasteiger partial charge in [0.15, 0.2) is 0 Å². The Morgan fingerprint density at radius 1 is 0.885 bits per heavy atom. The van der Waals surface area contributed by atoms with Gasteiger partial charge in [-0.3, -0.25) is 14.5 Å². The zero-order valence-corrected chi connectivity index (χ0v) is 30.2. The average molecular weight is 706 g/mol. The lowest BCUT2D eigenvalue weighted by atomic mass is 9.89. The van der Waals surface area contributed by atoms with Gasteiger partial charge in [-0.1, -0.05) is 31.2 Å². The number of ether oxygens (including phenoxy) is 1. The highest BCUT2D eigenvalue weighted by molar-refractivity contribution is 6.08. The molecule has 1 saturated heterocycles. The standard InChI is InChI=1S/C41H47N5O6/c1-4-14-45(32-9-11-34(47)12-10-32)39(48)35-23-38(42(3)27(35)2)36-21-29-13-15-44(41(50)51)24-31(29)22-37(36)40(49)46-25-30-8-6-5-7-28(30)20-33(46)26-43-16-18-52-19-17-43/h5-12,21-23,33,47H,4,13-20,24-26H2,1-3H3,(H,50,51)/t33-/m0/s1. The van der Waals surface area contributed by atoms with E-state index in [1.807, 2.05) is 54.6 Å². The summed E-state index contributed by atoms with van der Waals surface area (Å²) in [7, 11) is 1.92. The maximum absolute atomic E-state index is 15.1. The van der Waals surface area contributed by atoms with Gasteiger partial charge in [-0.15, -0.1) is 0 Å². The number of anilines is 1. The molecule has 4 aromatic rings. The molecule has 272 valence electrons. The fraction of sp³-hybridized carbons (Fsp3) is 0.390. The number of phenolic OH excluding ortho intramolecular Hbond substituents is 1. The highest BCUT2D eigenvalue weighted by atomic mass is 16.5. The van der Waals surface area contributed by atoms with E-state index >= 15 is 4.79 Å². The Labute approximate surface area is 304 Å². The van der Waals surface area contributed by atoms with Crippen LogP contribution in [-0.4, -0.2) is 99.4 Å². The van der Waals surface area contributed by atoms with Crippen LogP contribution in [0.1, 0.15) is 62.0 Å². The van der Waals surface area contributed by atoms with Gasteiger partial charge in [-0.25, -0.2) is 4.79 Å². The van der Waals surface area contributed by atoms with E-state index in [-0.39, 0.29) is 30.2 Å². The zero-order chi connectivity index (χ0) is 36.5. The summed E-state index contributed by atoms with van der Waals surface area (Å²) >= 11 is 0. The Balaban J connectivity index is 1.32. The van der Waals surface area contributed by atoms with Gasteiger partial charge < -0.3 is 34.2 Å². The fourth-order valence-corrected chi connectivity index (χ4v) is 7.91. The largest absolute Gasteiger partial charge is 0.508 e. The number of aromatic hydroxyl groups is 1. The molecule has 1 aromatic heterocycles. The third-order valence-corrected chi connectivity index (χ3v) is 10.9. The van der Waals surface area contributed by atoms with Crippen LogP contribution in [0, 0.1) is 6.92 Å². The fourth-order valence-electron chi connectivity index (χ4n) is 7.91. The van der Waals surface area contributed by atoms with Crippen molar-refractivity contribution in [3.8, 4) is 17.0 Å². The van der Waals surface area contributed by atoms with E-state index in [9.17, 15) is 19.8 Å². The Hall–Kier alpha value is -5.13. The monoisotopic (exact) mass is 705 g/mol. The highest BCUT2D eigenvalue weighted by Gasteiger charge is 2.35. The number of amides is 3. The van der Waals surface area contributed by atoms with Crippen LogP contribution in [0.25, 0.3) is 11.3 Å². The number of fused-ring (bicyclic) bond motifs is 2. The Morgan fingerprint density at radius 2 is 1.62 bits per heavy atom. The van der Waals surface area contributed by atoms with E-state index in [4.69, 9.17) is 4.74 Å². The Morgan fingerprint density at radius 3 is 2.33 bits per heavy atom. The smallest absolute Gasteiger partial charge is 0.407 e. The van der Waals surface area contributed by atoms with Gasteiger partial charge in [0.05, 0.1) is 18.8 Å². The lowest BCUT2D eigenvalue weighted by Crippen LogP contribution is -2.52. The number of benzene rings is 3. The van der Waals surface area contributed by atoms with Crippen LogP contribution < -0.4 is 4.90 Å². The minimum absolute atomic E-state index is 0.0694. The average Bonchev–Trinajstić information content (AvgIpc) is 3.46. The third-order valence-electron chi connectivity index (χ3n) is 10.9. The number of carbonyl (C=O) groups excluding carboxylic acids is 2. The van der Waals surface area contributed by atoms with Crippen molar-refractivity contribution in [3.63, 3.8) is 0 Å². The quantitative estimate of drug-likeness (QED) is 0.242. The minimum atomic E-state index is -0.979. The number of rotatable bonds is 8. The molecular formula is C41H47N5O6. The second-order valence-electron chi connectivity index (χ2n) is 14.2. The normalized spacial score (nSPS) is 17.4. The van der Waals surface area contributed by atoms with Crippen molar-refractivity contribution in [2.75, 3.05) is 50.8 Å². The molecule has 4 heterocycles. The molecule has 3 aromatic carbocycles. The number of carbonyl (C=O) groups is 3. The molecule has 0 aliphatic carbocycles. The molecule has 52 heavy (non-hydrogen) atoms. The van der Waals surface area contributed by atoms with Gasteiger partial charge >= 0.3 is 6.09 Å². The molecule has 0 spiro atoms. The van der Waals surface area contributed by atoms with Crippen LogP contribution in [0.3, 0.4) is 0 Å².